The second kappa shape index (κ2) is 5.36. The van der Waals surface area contributed by atoms with E-state index in [2.05, 4.69) is 0 Å². The van der Waals surface area contributed by atoms with E-state index in [9.17, 15) is 4.39 Å². The zero-order valence-electron chi connectivity index (χ0n) is 10.8. The Labute approximate surface area is 102 Å². The van der Waals surface area contributed by atoms with Crippen molar-refractivity contribution >= 4 is 0 Å². The number of hydrogen-bond donors (Lipinski definition) is 1. The van der Waals surface area contributed by atoms with Gasteiger partial charge in [-0.05, 0) is 30.5 Å². The molecular weight excluding hydrogens is 221 g/mol. The minimum Gasteiger partial charge on any atom is -0.496 e. The zero-order chi connectivity index (χ0) is 13.1. The van der Waals surface area contributed by atoms with Crippen LogP contribution in [0.25, 0.3) is 0 Å². The number of benzene rings is 1. The Hall–Kier alpha value is -1.29. The molecule has 0 atom stereocenters. The lowest BCUT2D eigenvalue weighted by Gasteiger charge is -2.24. The van der Waals surface area contributed by atoms with E-state index in [0.717, 1.165) is 5.56 Å². The van der Waals surface area contributed by atoms with E-state index in [1.54, 1.807) is 13.2 Å². The Morgan fingerprint density at radius 2 is 1.88 bits per heavy atom. The summed E-state index contributed by atoms with van der Waals surface area (Å²) in [6, 6.07) is 2.95. The van der Waals surface area contributed by atoms with Gasteiger partial charge in [0.15, 0.2) is 11.6 Å². The fraction of sp³-hybridized carbons (Fsp3) is 0.538. The van der Waals surface area contributed by atoms with Crippen LogP contribution in [0, 0.1) is 11.2 Å². The van der Waals surface area contributed by atoms with Gasteiger partial charge in [-0.2, -0.15) is 0 Å². The molecule has 2 N–H and O–H groups in total. The number of methoxy groups -OCH3 is 2. The highest BCUT2D eigenvalue weighted by Crippen LogP contribution is 2.35. The van der Waals surface area contributed by atoms with Crippen molar-refractivity contribution in [2.75, 3.05) is 20.8 Å². The van der Waals surface area contributed by atoms with Crippen LogP contribution in [0.1, 0.15) is 19.4 Å². The second-order valence-corrected chi connectivity index (χ2v) is 4.81. The summed E-state index contributed by atoms with van der Waals surface area (Å²) in [5.41, 5.74) is 6.30. The van der Waals surface area contributed by atoms with Crippen molar-refractivity contribution in [1.82, 2.24) is 0 Å². The van der Waals surface area contributed by atoms with Crippen LogP contribution in [0.2, 0.25) is 0 Å². The Morgan fingerprint density at radius 3 is 2.35 bits per heavy atom. The van der Waals surface area contributed by atoms with Gasteiger partial charge in [0, 0.05) is 5.56 Å². The van der Waals surface area contributed by atoms with Gasteiger partial charge in [0.25, 0.3) is 0 Å². The summed E-state index contributed by atoms with van der Waals surface area (Å²) in [6.45, 7) is 4.56. The quantitative estimate of drug-likeness (QED) is 0.860. The molecule has 0 aromatic heterocycles. The molecule has 0 bridgehead atoms. The predicted molar refractivity (Wildman–Crippen MR) is 66.0 cm³/mol. The third kappa shape index (κ3) is 3.09. The Bertz CT molecular complexity index is 391. The van der Waals surface area contributed by atoms with E-state index in [4.69, 9.17) is 15.2 Å². The summed E-state index contributed by atoms with van der Waals surface area (Å²) >= 11 is 0. The van der Waals surface area contributed by atoms with Crippen LogP contribution in [0.15, 0.2) is 12.1 Å². The lowest BCUT2D eigenvalue weighted by Crippen LogP contribution is -2.26. The number of halogens is 1. The molecule has 0 saturated carbocycles. The topological polar surface area (TPSA) is 44.5 Å². The number of nitrogens with two attached hydrogens (primary N) is 1. The third-order valence-corrected chi connectivity index (χ3v) is 2.80. The van der Waals surface area contributed by atoms with Gasteiger partial charge in [0.1, 0.15) is 5.75 Å². The highest BCUT2D eigenvalue weighted by Gasteiger charge is 2.23. The van der Waals surface area contributed by atoms with Crippen molar-refractivity contribution in [3.8, 4) is 11.5 Å². The SMILES string of the molecule is COc1ccc(F)c(OC)c1CC(C)(C)CN. The average molecular weight is 241 g/mol. The van der Waals surface area contributed by atoms with Gasteiger partial charge in [-0.3, -0.25) is 0 Å². The molecule has 3 nitrogen and oxygen atoms in total. The van der Waals surface area contributed by atoms with Gasteiger partial charge in [-0.15, -0.1) is 0 Å². The lowest BCUT2D eigenvalue weighted by atomic mass is 9.85. The maximum atomic E-state index is 13.6. The smallest absolute Gasteiger partial charge is 0.165 e. The van der Waals surface area contributed by atoms with E-state index >= 15 is 0 Å². The van der Waals surface area contributed by atoms with Crippen molar-refractivity contribution in [2.45, 2.75) is 20.3 Å². The van der Waals surface area contributed by atoms with Crippen LogP contribution in [0.5, 0.6) is 11.5 Å². The van der Waals surface area contributed by atoms with Crippen LogP contribution < -0.4 is 15.2 Å². The molecule has 0 saturated heterocycles. The molecule has 17 heavy (non-hydrogen) atoms. The molecule has 0 spiro atoms. The van der Waals surface area contributed by atoms with Crippen LogP contribution in [0.4, 0.5) is 4.39 Å². The van der Waals surface area contributed by atoms with E-state index in [0.29, 0.717) is 18.7 Å². The molecule has 1 aromatic rings. The van der Waals surface area contributed by atoms with Crippen LogP contribution in [0.3, 0.4) is 0 Å². The molecule has 0 fully saturated rings. The summed E-state index contributed by atoms with van der Waals surface area (Å²) in [6.07, 6.45) is 0.605. The first-order chi connectivity index (χ1) is 7.95. The summed E-state index contributed by atoms with van der Waals surface area (Å²) in [7, 11) is 3.02. The monoisotopic (exact) mass is 241 g/mol. The fourth-order valence-corrected chi connectivity index (χ4v) is 1.71. The van der Waals surface area contributed by atoms with Crippen molar-refractivity contribution in [2.24, 2.45) is 11.1 Å². The summed E-state index contributed by atoms with van der Waals surface area (Å²) < 4.78 is 24.0. The van der Waals surface area contributed by atoms with Gasteiger partial charge < -0.3 is 15.2 Å². The molecule has 0 amide bonds. The molecule has 0 unspecified atom stereocenters. The molecule has 4 heteroatoms. The van der Waals surface area contributed by atoms with Gasteiger partial charge in [0.2, 0.25) is 0 Å². The molecule has 0 aliphatic heterocycles. The number of rotatable bonds is 5. The van der Waals surface area contributed by atoms with Crippen LogP contribution in [-0.4, -0.2) is 20.8 Å². The van der Waals surface area contributed by atoms with Crippen molar-refractivity contribution in [3.63, 3.8) is 0 Å². The first kappa shape index (κ1) is 13.8. The number of ether oxygens (including phenoxy) is 2. The van der Waals surface area contributed by atoms with E-state index in [1.165, 1.54) is 13.2 Å². The first-order valence-electron chi connectivity index (χ1n) is 5.54. The van der Waals surface area contributed by atoms with E-state index in [-0.39, 0.29) is 17.0 Å². The molecule has 1 rings (SSSR count). The Morgan fingerprint density at radius 1 is 1.24 bits per heavy atom. The molecule has 0 heterocycles. The normalized spacial score (nSPS) is 11.4. The van der Waals surface area contributed by atoms with Gasteiger partial charge in [-0.1, -0.05) is 13.8 Å². The standard InChI is InChI=1S/C13H20FNO2/c1-13(2,8-15)7-9-11(16-3)6-5-10(14)12(9)17-4/h5-6H,7-8,15H2,1-4H3. The van der Waals surface area contributed by atoms with E-state index < -0.39 is 0 Å². The maximum absolute atomic E-state index is 13.6. The lowest BCUT2D eigenvalue weighted by molar-refractivity contribution is 0.331. The van der Waals surface area contributed by atoms with E-state index in [1.807, 2.05) is 13.8 Å². The Kier molecular flexibility index (Phi) is 4.34. The number of hydrogen-bond acceptors (Lipinski definition) is 3. The molecule has 0 aliphatic rings. The highest BCUT2D eigenvalue weighted by molar-refractivity contribution is 5.46. The average Bonchev–Trinajstić information content (AvgIpc) is 2.29. The first-order valence-corrected chi connectivity index (χ1v) is 5.54. The van der Waals surface area contributed by atoms with Crippen molar-refractivity contribution in [1.29, 1.82) is 0 Å². The molecule has 0 aliphatic carbocycles. The largest absolute Gasteiger partial charge is 0.496 e. The minimum atomic E-state index is -0.379. The molecule has 96 valence electrons. The highest BCUT2D eigenvalue weighted by atomic mass is 19.1. The summed E-state index contributed by atoms with van der Waals surface area (Å²) in [5, 5.41) is 0. The van der Waals surface area contributed by atoms with Crippen molar-refractivity contribution in [3.05, 3.63) is 23.5 Å². The predicted octanol–water partition coefficient (Wildman–Crippen LogP) is 2.37. The molecule has 0 radical (unpaired) electrons. The fourth-order valence-electron chi connectivity index (χ4n) is 1.71. The molecular formula is C13H20FNO2. The van der Waals surface area contributed by atoms with Gasteiger partial charge in [-0.25, -0.2) is 4.39 Å². The summed E-state index contributed by atoms with van der Waals surface area (Å²) in [4.78, 5) is 0. The van der Waals surface area contributed by atoms with Gasteiger partial charge >= 0.3 is 0 Å². The van der Waals surface area contributed by atoms with Gasteiger partial charge in [0.05, 0.1) is 14.2 Å². The zero-order valence-corrected chi connectivity index (χ0v) is 10.8. The second-order valence-electron chi connectivity index (χ2n) is 4.81. The van der Waals surface area contributed by atoms with Crippen LogP contribution >= 0.6 is 0 Å². The third-order valence-electron chi connectivity index (χ3n) is 2.80. The maximum Gasteiger partial charge on any atom is 0.165 e. The molecule has 1 aromatic carbocycles. The summed E-state index contributed by atoms with van der Waals surface area (Å²) in [5.74, 6) is 0.492. The van der Waals surface area contributed by atoms with Crippen molar-refractivity contribution < 1.29 is 13.9 Å². The Balaban J connectivity index is 3.23. The van der Waals surface area contributed by atoms with Crippen LogP contribution in [-0.2, 0) is 6.42 Å². The minimum absolute atomic E-state index is 0.131.